The highest BCUT2D eigenvalue weighted by atomic mass is 35.5. The Balaban J connectivity index is 1.66. The number of piperazine rings is 1. The van der Waals surface area contributed by atoms with E-state index in [1.165, 1.54) is 6.07 Å². The molecule has 0 amide bonds. The van der Waals surface area contributed by atoms with Crippen LogP contribution in [0.5, 0.6) is 0 Å². The van der Waals surface area contributed by atoms with E-state index in [0.717, 1.165) is 24.5 Å². The van der Waals surface area contributed by atoms with Crippen LogP contribution in [-0.2, 0) is 5.54 Å². The lowest BCUT2D eigenvalue weighted by Crippen LogP contribution is -2.49. The van der Waals surface area contributed by atoms with Crippen molar-refractivity contribution in [2.45, 2.75) is 32.4 Å². The second-order valence-electron chi connectivity index (χ2n) is 8.52. The summed E-state index contributed by atoms with van der Waals surface area (Å²) in [6.07, 6.45) is 0. The zero-order valence-electron chi connectivity index (χ0n) is 17.5. The van der Waals surface area contributed by atoms with E-state index in [0.29, 0.717) is 23.8 Å². The Bertz CT molecular complexity index is 1010. The molecule has 0 saturated carbocycles. The largest absolute Gasteiger partial charge is 0.367 e. The zero-order valence-corrected chi connectivity index (χ0v) is 18.2. The molecule has 1 fully saturated rings. The lowest BCUT2D eigenvalue weighted by molar-refractivity contribution is 0.191. The fourth-order valence-electron chi connectivity index (χ4n) is 3.97. The Morgan fingerprint density at radius 3 is 2.30 bits per heavy atom. The minimum absolute atomic E-state index is 0.185. The lowest BCUT2D eigenvalue weighted by Gasteiger charge is -2.40. The van der Waals surface area contributed by atoms with Crippen LogP contribution < -0.4 is 4.90 Å². The standard InChI is InChI=1S/C22H26ClFN6/c1-22(2,3)30-21(25-26-27-30)20(16-8-4-5-9-17(16)23)29-14-12-28(13-15-29)19-11-7-6-10-18(19)24/h4-11,20H,12-15H2,1-3H3/t20-/m1/s1. The molecule has 1 aromatic heterocycles. The van der Waals surface area contributed by atoms with Gasteiger partial charge in [-0.15, -0.1) is 5.10 Å². The molecule has 2 heterocycles. The topological polar surface area (TPSA) is 50.1 Å². The van der Waals surface area contributed by atoms with Crippen molar-refractivity contribution >= 4 is 17.3 Å². The summed E-state index contributed by atoms with van der Waals surface area (Å²) in [6.45, 7) is 9.12. The molecule has 0 N–H and O–H groups in total. The first-order valence-electron chi connectivity index (χ1n) is 10.1. The highest BCUT2D eigenvalue weighted by Gasteiger charge is 2.34. The smallest absolute Gasteiger partial charge is 0.173 e. The summed E-state index contributed by atoms with van der Waals surface area (Å²) in [5, 5.41) is 13.3. The third-order valence-corrected chi connectivity index (χ3v) is 5.79. The van der Waals surface area contributed by atoms with E-state index in [4.69, 9.17) is 11.6 Å². The SMILES string of the molecule is CC(C)(C)n1nnnc1[C@@H](c1ccccc1Cl)N1CCN(c2ccccc2F)CC1. The monoisotopic (exact) mass is 428 g/mol. The summed E-state index contributed by atoms with van der Waals surface area (Å²) < 4.78 is 16.1. The quantitative estimate of drug-likeness (QED) is 0.625. The minimum atomic E-state index is -0.271. The summed E-state index contributed by atoms with van der Waals surface area (Å²) in [7, 11) is 0. The van der Waals surface area contributed by atoms with E-state index in [1.54, 1.807) is 6.07 Å². The number of anilines is 1. The van der Waals surface area contributed by atoms with Crippen molar-refractivity contribution in [3.8, 4) is 0 Å². The molecule has 4 rings (SSSR count). The number of nitrogens with zero attached hydrogens (tertiary/aromatic N) is 6. The predicted octanol–water partition coefficient (Wildman–Crippen LogP) is 4.13. The van der Waals surface area contributed by atoms with Gasteiger partial charge in [0.2, 0.25) is 0 Å². The normalized spacial score (nSPS) is 16.6. The Kier molecular flexibility index (Phi) is 5.75. The van der Waals surface area contributed by atoms with Crippen LogP contribution in [0.25, 0.3) is 0 Å². The maximum absolute atomic E-state index is 14.3. The van der Waals surface area contributed by atoms with E-state index in [-0.39, 0.29) is 17.4 Å². The van der Waals surface area contributed by atoms with Gasteiger partial charge in [0.1, 0.15) is 5.82 Å². The number of tetrazole rings is 1. The van der Waals surface area contributed by atoms with Crippen molar-refractivity contribution in [1.29, 1.82) is 0 Å². The highest BCUT2D eigenvalue weighted by Crippen LogP contribution is 2.34. The maximum Gasteiger partial charge on any atom is 0.173 e. The van der Waals surface area contributed by atoms with Gasteiger partial charge in [-0.3, -0.25) is 4.90 Å². The molecule has 0 spiro atoms. The molecule has 1 aliphatic heterocycles. The number of benzene rings is 2. The first kappa shape index (κ1) is 20.8. The van der Waals surface area contributed by atoms with Gasteiger partial charge >= 0.3 is 0 Å². The van der Waals surface area contributed by atoms with Crippen LogP contribution in [0, 0.1) is 5.82 Å². The van der Waals surface area contributed by atoms with Crippen molar-refractivity contribution in [3.63, 3.8) is 0 Å². The number of para-hydroxylation sites is 1. The van der Waals surface area contributed by atoms with Gasteiger partial charge in [0.05, 0.1) is 17.3 Å². The molecule has 3 aromatic rings. The van der Waals surface area contributed by atoms with Gasteiger partial charge in [-0.25, -0.2) is 9.07 Å². The van der Waals surface area contributed by atoms with Crippen molar-refractivity contribution in [2.24, 2.45) is 0 Å². The van der Waals surface area contributed by atoms with Crippen molar-refractivity contribution < 1.29 is 4.39 Å². The van der Waals surface area contributed by atoms with E-state index in [9.17, 15) is 4.39 Å². The van der Waals surface area contributed by atoms with Gasteiger partial charge in [-0.2, -0.15) is 0 Å². The molecule has 6 nitrogen and oxygen atoms in total. The molecule has 0 aliphatic carbocycles. The van der Waals surface area contributed by atoms with Crippen LogP contribution in [0.4, 0.5) is 10.1 Å². The Morgan fingerprint density at radius 2 is 1.63 bits per heavy atom. The van der Waals surface area contributed by atoms with Crippen LogP contribution in [0.3, 0.4) is 0 Å². The van der Waals surface area contributed by atoms with Gasteiger partial charge in [0, 0.05) is 31.2 Å². The molecule has 1 aliphatic rings. The number of halogens is 2. The molecular weight excluding hydrogens is 403 g/mol. The molecule has 1 atom stereocenters. The van der Waals surface area contributed by atoms with Crippen LogP contribution in [0.15, 0.2) is 48.5 Å². The molecule has 2 aromatic carbocycles. The van der Waals surface area contributed by atoms with Crippen LogP contribution in [0.2, 0.25) is 5.02 Å². The summed E-state index contributed by atoms with van der Waals surface area (Å²) >= 11 is 6.60. The molecule has 1 saturated heterocycles. The van der Waals surface area contributed by atoms with Crippen LogP contribution in [0.1, 0.15) is 38.2 Å². The fraction of sp³-hybridized carbons (Fsp3) is 0.409. The van der Waals surface area contributed by atoms with E-state index in [2.05, 4.69) is 46.1 Å². The average Bonchev–Trinajstić information content (AvgIpc) is 3.21. The molecule has 158 valence electrons. The van der Waals surface area contributed by atoms with Gasteiger partial charge in [0.25, 0.3) is 0 Å². The number of hydrogen-bond acceptors (Lipinski definition) is 5. The average molecular weight is 429 g/mol. The molecule has 0 radical (unpaired) electrons. The molecule has 8 heteroatoms. The molecular formula is C22H26ClFN6. The van der Waals surface area contributed by atoms with Crippen LogP contribution in [-0.4, -0.2) is 51.3 Å². The van der Waals surface area contributed by atoms with Gasteiger partial charge in [0.15, 0.2) is 5.82 Å². The van der Waals surface area contributed by atoms with E-state index < -0.39 is 0 Å². The first-order chi connectivity index (χ1) is 14.4. The summed E-state index contributed by atoms with van der Waals surface area (Å²) in [6, 6.07) is 14.6. The Morgan fingerprint density at radius 1 is 0.967 bits per heavy atom. The van der Waals surface area contributed by atoms with Gasteiger partial charge < -0.3 is 4.90 Å². The number of rotatable bonds is 4. The minimum Gasteiger partial charge on any atom is -0.367 e. The third-order valence-electron chi connectivity index (χ3n) is 5.45. The second kappa shape index (κ2) is 8.32. The predicted molar refractivity (Wildman–Crippen MR) is 116 cm³/mol. The second-order valence-corrected chi connectivity index (χ2v) is 8.93. The first-order valence-corrected chi connectivity index (χ1v) is 10.5. The van der Waals surface area contributed by atoms with E-state index in [1.807, 2.05) is 41.1 Å². The molecule has 30 heavy (non-hydrogen) atoms. The Hall–Kier alpha value is -2.51. The maximum atomic E-state index is 14.3. The van der Waals surface area contributed by atoms with E-state index >= 15 is 0 Å². The lowest BCUT2D eigenvalue weighted by atomic mass is 10.0. The molecule has 0 unspecified atom stereocenters. The van der Waals surface area contributed by atoms with Crippen molar-refractivity contribution in [2.75, 3.05) is 31.1 Å². The highest BCUT2D eigenvalue weighted by molar-refractivity contribution is 6.31. The Labute approximate surface area is 181 Å². The number of aromatic nitrogens is 4. The molecule has 0 bridgehead atoms. The fourth-order valence-corrected chi connectivity index (χ4v) is 4.21. The zero-order chi connectivity index (χ0) is 21.3. The van der Waals surface area contributed by atoms with Crippen molar-refractivity contribution in [1.82, 2.24) is 25.1 Å². The van der Waals surface area contributed by atoms with Gasteiger partial charge in [-0.05, 0) is 55.0 Å². The van der Waals surface area contributed by atoms with Gasteiger partial charge in [-0.1, -0.05) is 41.9 Å². The summed E-state index contributed by atoms with van der Waals surface area (Å²) in [5.41, 5.74) is 1.35. The van der Waals surface area contributed by atoms with Crippen molar-refractivity contribution in [3.05, 3.63) is 70.8 Å². The number of hydrogen-bond donors (Lipinski definition) is 0. The third kappa shape index (κ3) is 4.04. The summed E-state index contributed by atoms with van der Waals surface area (Å²) in [4.78, 5) is 4.41. The summed E-state index contributed by atoms with van der Waals surface area (Å²) in [5.74, 6) is 0.570. The van der Waals surface area contributed by atoms with Crippen LogP contribution >= 0.6 is 11.6 Å².